The minimum atomic E-state index is 0.0162. The van der Waals surface area contributed by atoms with Gasteiger partial charge in [-0.05, 0) is 52.4 Å². The van der Waals surface area contributed by atoms with Gasteiger partial charge in [0.2, 0.25) is 0 Å². The van der Waals surface area contributed by atoms with Gasteiger partial charge in [-0.3, -0.25) is 0 Å². The van der Waals surface area contributed by atoms with Crippen molar-refractivity contribution >= 4 is 0 Å². The lowest BCUT2D eigenvalue weighted by Gasteiger charge is -2.38. The molecular formula is C14H24N2. The molecule has 0 radical (unpaired) electrons. The van der Waals surface area contributed by atoms with Crippen LogP contribution in [0, 0.1) is 6.92 Å². The molecule has 1 aromatic rings. The standard InChI is InChI=1S/C14H24N2/c1-11-8-6-7-9-12(11)10-13(15)14(2,3)16(4)5/h6-9,13H,10,15H2,1-5H3. The third kappa shape index (κ3) is 2.83. The molecular weight excluding hydrogens is 196 g/mol. The van der Waals surface area contributed by atoms with E-state index in [4.69, 9.17) is 5.73 Å². The molecule has 0 bridgehead atoms. The molecule has 0 spiro atoms. The van der Waals surface area contributed by atoms with Gasteiger partial charge in [-0.1, -0.05) is 24.3 Å². The first-order chi connectivity index (χ1) is 7.35. The molecule has 2 N–H and O–H groups in total. The van der Waals surface area contributed by atoms with Gasteiger partial charge in [0.25, 0.3) is 0 Å². The van der Waals surface area contributed by atoms with Crippen LogP contribution in [0.2, 0.25) is 0 Å². The first-order valence-electron chi connectivity index (χ1n) is 5.83. The summed E-state index contributed by atoms with van der Waals surface area (Å²) in [6.07, 6.45) is 0.928. The topological polar surface area (TPSA) is 29.3 Å². The zero-order valence-electron chi connectivity index (χ0n) is 11.1. The van der Waals surface area contributed by atoms with E-state index in [0.29, 0.717) is 0 Å². The van der Waals surface area contributed by atoms with Crippen molar-refractivity contribution in [1.82, 2.24) is 4.90 Å². The highest BCUT2D eigenvalue weighted by atomic mass is 15.2. The molecule has 2 heteroatoms. The van der Waals surface area contributed by atoms with E-state index in [0.717, 1.165) is 6.42 Å². The second-order valence-electron chi connectivity index (χ2n) is 5.29. The van der Waals surface area contributed by atoms with Crippen LogP contribution >= 0.6 is 0 Å². The Morgan fingerprint density at radius 2 is 1.81 bits per heavy atom. The van der Waals surface area contributed by atoms with Gasteiger partial charge in [-0.25, -0.2) is 0 Å². The molecule has 0 heterocycles. The fourth-order valence-electron chi connectivity index (χ4n) is 1.66. The Balaban J connectivity index is 2.79. The first kappa shape index (κ1) is 13.2. The Kier molecular flexibility index (Phi) is 4.11. The van der Waals surface area contributed by atoms with E-state index >= 15 is 0 Å². The number of likely N-dealkylation sites (N-methyl/N-ethyl adjacent to an activating group) is 1. The molecule has 1 rings (SSSR count). The summed E-state index contributed by atoms with van der Waals surface area (Å²) in [5, 5.41) is 0. The van der Waals surface area contributed by atoms with Crippen molar-refractivity contribution in [1.29, 1.82) is 0 Å². The van der Waals surface area contributed by atoms with Gasteiger partial charge in [-0.2, -0.15) is 0 Å². The van der Waals surface area contributed by atoms with Crippen LogP contribution in [0.25, 0.3) is 0 Å². The Labute approximate surface area is 99.5 Å². The number of benzene rings is 1. The van der Waals surface area contributed by atoms with Gasteiger partial charge in [0.15, 0.2) is 0 Å². The smallest absolute Gasteiger partial charge is 0.0301 e. The molecule has 1 aromatic carbocycles. The van der Waals surface area contributed by atoms with E-state index in [1.165, 1.54) is 11.1 Å². The molecule has 0 saturated carbocycles. The Hall–Kier alpha value is -0.860. The van der Waals surface area contributed by atoms with Gasteiger partial charge in [0.05, 0.1) is 0 Å². The van der Waals surface area contributed by atoms with Crippen LogP contribution in [0.1, 0.15) is 25.0 Å². The van der Waals surface area contributed by atoms with Crippen molar-refractivity contribution in [3.8, 4) is 0 Å². The van der Waals surface area contributed by atoms with Crippen LogP contribution in [-0.4, -0.2) is 30.6 Å². The van der Waals surface area contributed by atoms with Crippen molar-refractivity contribution in [2.45, 2.75) is 38.8 Å². The predicted molar refractivity (Wildman–Crippen MR) is 70.6 cm³/mol. The largest absolute Gasteiger partial charge is 0.326 e. The lowest BCUT2D eigenvalue weighted by Crippen LogP contribution is -2.54. The van der Waals surface area contributed by atoms with Crippen LogP contribution in [0.5, 0.6) is 0 Å². The molecule has 1 unspecified atom stereocenters. The fraction of sp³-hybridized carbons (Fsp3) is 0.571. The predicted octanol–water partition coefficient (Wildman–Crippen LogP) is 2.21. The van der Waals surface area contributed by atoms with E-state index in [9.17, 15) is 0 Å². The van der Waals surface area contributed by atoms with E-state index in [1.54, 1.807) is 0 Å². The molecule has 0 aliphatic rings. The van der Waals surface area contributed by atoms with Gasteiger partial charge in [0.1, 0.15) is 0 Å². The van der Waals surface area contributed by atoms with Crippen molar-refractivity contribution < 1.29 is 0 Å². The summed E-state index contributed by atoms with van der Waals surface area (Å²) < 4.78 is 0. The van der Waals surface area contributed by atoms with Crippen LogP contribution in [0.15, 0.2) is 24.3 Å². The van der Waals surface area contributed by atoms with Crippen LogP contribution in [0.3, 0.4) is 0 Å². The van der Waals surface area contributed by atoms with Gasteiger partial charge in [0, 0.05) is 11.6 Å². The number of hydrogen-bond acceptors (Lipinski definition) is 2. The summed E-state index contributed by atoms with van der Waals surface area (Å²) in [4.78, 5) is 2.19. The highest BCUT2D eigenvalue weighted by Gasteiger charge is 2.28. The molecule has 0 saturated heterocycles. The monoisotopic (exact) mass is 220 g/mol. The van der Waals surface area contributed by atoms with E-state index in [2.05, 4.69) is 64.0 Å². The summed E-state index contributed by atoms with van der Waals surface area (Å²) in [6, 6.07) is 8.61. The van der Waals surface area contributed by atoms with E-state index in [-0.39, 0.29) is 11.6 Å². The van der Waals surface area contributed by atoms with Crippen molar-refractivity contribution in [2.75, 3.05) is 14.1 Å². The molecule has 2 nitrogen and oxygen atoms in total. The SMILES string of the molecule is Cc1ccccc1CC(N)C(C)(C)N(C)C. The number of hydrogen-bond donors (Lipinski definition) is 1. The molecule has 0 amide bonds. The molecule has 1 atom stereocenters. The van der Waals surface area contributed by atoms with Crippen LogP contribution in [-0.2, 0) is 6.42 Å². The van der Waals surface area contributed by atoms with Crippen LogP contribution in [0.4, 0.5) is 0 Å². The highest BCUT2D eigenvalue weighted by Crippen LogP contribution is 2.19. The van der Waals surface area contributed by atoms with Crippen molar-refractivity contribution in [2.24, 2.45) is 5.73 Å². The maximum atomic E-state index is 6.31. The lowest BCUT2D eigenvalue weighted by atomic mass is 9.88. The highest BCUT2D eigenvalue weighted by molar-refractivity contribution is 5.26. The quantitative estimate of drug-likeness (QED) is 0.843. The second-order valence-corrected chi connectivity index (χ2v) is 5.29. The molecule has 0 aromatic heterocycles. The van der Waals surface area contributed by atoms with Gasteiger partial charge < -0.3 is 10.6 Å². The third-order valence-corrected chi connectivity index (χ3v) is 3.76. The van der Waals surface area contributed by atoms with E-state index in [1.807, 2.05) is 0 Å². The average molecular weight is 220 g/mol. The maximum absolute atomic E-state index is 6.31. The molecule has 0 aliphatic heterocycles. The number of rotatable bonds is 4. The Morgan fingerprint density at radius 1 is 1.25 bits per heavy atom. The number of nitrogens with two attached hydrogens (primary N) is 1. The molecule has 16 heavy (non-hydrogen) atoms. The molecule has 0 fully saturated rings. The summed E-state index contributed by atoms with van der Waals surface area (Å²) in [6.45, 7) is 6.52. The van der Waals surface area contributed by atoms with Crippen molar-refractivity contribution in [3.63, 3.8) is 0 Å². The first-order valence-corrected chi connectivity index (χ1v) is 5.83. The van der Waals surface area contributed by atoms with E-state index < -0.39 is 0 Å². The minimum Gasteiger partial charge on any atom is -0.326 e. The second kappa shape index (κ2) is 4.98. The minimum absolute atomic E-state index is 0.0162. The average Bonchev–Trinajstić information content (AvgIpc) is 2.21. The van der Waals surface area contributed by atoms with Gasteiger partial charge >= 0.3 is 0 Å². The Bertz CT molecular complexity index is 342. The number of aryl methyl sites for hydroxylation is 1. The summed E-state index contributed by atoms with van der Waals surface area (Å²) in [5.41, 5.74) is 9.01. The van der Waals surface area contributed by atoms with Crippen molar-refractivity contribution in [3.05, 3.63) is 35.4 Å². The fourth-order valence-corrected chi connectivity index (χ4v) is 1.66. The van der Waals surface area contributed by atoms with Gasteiger partial charge in [-0.15, -0.1) is 0 Å². The normalized spacial score (nSPS) is 14.2. The van der Waals surface area contributed by atoms with Crippen LogP contribution < -0.4 is 5.73 Å². The summed E-state index contributed by atoms with van der Waals surface area (Å²) in [5.74, 6) is 0. The lowest BCUT2D eigenvalue weighted by molar-refractivity contribution is 0.158. The summed E-state index contributed by atoms with van der Waals surface area (Å²) >= 11 is 0. The molecule has 90 valence electrons. The maximum Gasteiger partial charge on any atom is 0.0301 e. The Morgan fingerprint density at radius 3 is 2.31 bits per heavy atom. The summed E-state index contributed by atoms with van der Waals surface area (Å²) in [7, 11) is 4.16. The third-order valence-electron chi connectivity index (χ3n) is 3.76. The molecule has 0 aliphatic carbocycles. The number of nitrogens with zero attached hydrogens (tertiary/aromatic N) is 1. The zero-order valence-corrected chi connectivity index (χ0v) is 11.1. The zero-order chi connectivity index (χ0) is 12.3.